The molecule has 9 heteroatoms. The fourth-order valence-corrected chi connectivity index (χ4v) is 2.07. The Hall–Kier alpha value is -1.68. The van der Waals surface area contributed by atoms with Crippen LogP contribution in [0.1, 0.15) is 25.7 Å². The molecule has 1 aromatic carbocycles. The van der Waals surface area contributed by atoms with Crippen molar-refractivity contribution in [1.82, 2.24) is 0 Å². The lowest BCUT2D eigenvalue weighted by molar-refractivity contribution is -0.134. The highest BCUT2D eigenvalue weighted by Gasteiger charge is 2.16. The molecule has 1 rings (SSSR count). The van der Waals surface area contributed by atoms with Crippen LogP contribution in [0.2, 0.25) is 0 Å². The van der Waals surface area contributed by atoms with Gasteiger partial charge in [0.05, 0.1) is 33.0 Å². The summed E-state index contributed by atoms with van der Waals surface area (Å²) in [6.45, 7) is 3.43. The summed E-state index contributed by atoms with van der Waals surface area (Å²) >= 11 is 0. The van der Waals surface area contributed by atoms with Crippen LogP contribution < -0.4 is 10.5 Å². The van der Waals surface area contributed by atoms with E-state index in [1.165, 1.54) is 0 Å². The molecule has 0 atom stereocenters. The summed E-state index contributed by atoms with van der Waals surface area (Å²) in [7, 11) is 0. The monoisotopic (exact) mass is 393 g/mol. The number of carbonyl (C=O) groups is 1. The van der Waals surface area contributed by atoms with E-state index < -0.39 is 29.2 Å². The maximum Gasteiger partial charge on any atom is 0.311 e. The number of ether oxygens (including phenoxy) is 4. The average molecular weight is 393 g/mol. The van der Waals surface area contributed by atoms with E-state index in [2.05, 4.69) is 4.74 Å². The third kappa shape index (κ3) is 10.9. The van der Waals surface area contributed by atoms with Crippen molar-refractivity contribution in [3.05, 3.63) is 29.6 Å². The van der Waals surface area contributed by atoms with Crippen molar-refractivity contribution in [3.8, 4) is 5.75 Å². The van der Waals surface area contributed by atoms with E-state index in [0.29, 0.717) is 71.2 Å². The topological polar surface area (TPSA) is 80.0 Å². The lowest BCUT2D eigenvalue weighted by Gasteiger charge is -2.07. The van der Waals surface area contributed by atoms with Crippen molar-refractivity contribution in [3.63, 3.8) is 0 Å². The minimum Gasteiger partial charge on any atom is -0.420 e. The molecule has 0 heterocycles. The highest BCUT2D eigenvalue weighted by molar-refractivity contribution is 5.72. The van der Waals surface area contributed by atoms with Crippen LogP contribution in [0.3, 0.4) is 0 Å². The fraction of sp³-hybridized carbons (Fsp3) is 0.611. The molecule has 0 unspecified atom stereocenters. The van der Waals surface area contributed by atoms with E-state index in [1.54, 1.807) is 0 Å². The van der Waals surface area contributed by atoms with E-state index in [4.69, 9.17) is 19.9 Å². The molecule has 1 aromatic rings. The number of unbranched alkanes of at least 4 members (excludes halogenated alkanes) is 2. The lowest BCUT2D eigenvalue weighted by Crippen LogP contribution is -2.13. The van der Waals surface area contributed by atoms with Gasteiger partial charge in [0.2, 0.25) is 5.75 Å². The minimum absolute atomic E-state index is 0.00215. The van der Waals surface area contributed by atoms with E-state index in [0.717, 1.165) is 6.42 Å². The lowest BCUT2D eigenvalue weighted by atomic mass is 10.2. The van der Waals surface area contributed by atoms with Crippen LogP contribution in [-0.4, -0.2) is 52.2 Å². The van der Waals surface area contributed by atoms with E-state index in [-0.39, 0.29) is 6.42 Å². The highest BCUT2D eigenvalue weighted by atomic mass is 19.1. The second-order valence-electron chi connectivity index (χ2n) is 5.61. The van der Waals surface area contributed by atoms with Gasteiger partial charge in [-0.1, -0.05) is 6.42 Å². The second kappa shape index (κ2) is 14.4. The van der Waals surface area contributed by atoms with Crippen LogP contribution in [0.4, 0.5) is 13.2 Å². The first-order valence-corrected chi connectivity index (χ1v) is 8.83. The van der Waals surface area contributed by atoms with Gasteiger partial charge in [0.25, 0.3) is 0 Å². The van der Waals surface area contributed by atoms with Gasteiger partial charge in [-0.25, -0.2) is 13.2 Å². The van der Waals surface area contributed by atoms with Crippen LogP contribution in [0.25, 0.3) is 0 Å². The first-order valence-electron chi connectivity index (χ1n) is 8.83. The normalized spacial score (nSPS) is 11.0. The van der Waals surface area contributed by atoms with Gasteiger partial charge in [-0.3, -0.25) is 4.79 Å². The first-order chi connectivity index (χ1) is 13.0. The number of carbonyl (C=O) groups excluding carboxylic acids is 1. The Morgan fingerprint density at radius 3 is 1.96 bits per heavy atom. The summed E-state index contributed by atoms with van der Waals surface area (Å²) in [6.07, 6.45) is 1.91. The first kappa shape index (κ1) is 23.4. The van der Waals surface area contributed by atoms with Crippen molar-refractivity contribution in [2.45, 2.75) is 25.7 Å². The summed E-state index contributed by atoms with van der Waals surface area (Å²) in [5.74, 6) is -5.22. The van der Waals surface area contributed by atoms with Crippen LogP contribution >= 0.6 is 0 Å². The van der Waals surface area contributed by atoms with E-state index in [9.17, 15) is 18.0 Å². The van der Waals surface area contributed by atoms with Gasteiger partial charge in [-0.05, 0) is 12.8 Å². The number of nitrogens with two attached hydrogens (primary N) is 1. The Labute approximate surface area is 156 Å². The molecule has 0 aliphatic rings. The molecule has 0 fully saturated rings. The Bertz CT molecular complexity index is 537. The highest BCUT2D eigenvalue weighted by Crippen LogP contribution is 2.23. The molecule has 0 saturated heterocycles. The standard InChI is InChI=1S/C18H26F3NO5/c19-14-12-15(20)18(16(21)13-14)27-17(23)4-2-1-3-6-24-8-10-26-11-9-25-7-5-22/h12-13H,1-11,22H2. The Morgan fingerprint density at radius 1 is 0.815 bits per heavy atom. The number of halogens is 3. The fourth-order valence-electron chi connectivity index (χ4n) is 2.07. The molecular weight excluding hydrogens is 367 g/mol. The van der Waals surface area contributed by atoms with Crippen LogP contribution in [0.15, 0.2) is 12.1 Å². The van der Waals surface area contributed by atoms with Crippen LogP contribution in [0, 0.1) is 17.5 Å². The van der Waals surface area contributed by atoms with Gasteiger partial charge in [0.15, 0.2) is 11.6 Å². The van der Waals surface area contributed by atoms with Gasteiger partial charge in [-0.2, -0.15) is 0 Å². The SMILES string of the molecule is NCCOCCOCCOCCCCCC(=O)Oc1c(F)cc(F)cc1F. The van der Waals surface area contributed by atoms with Crippen molar-refractivity contribution in [2.75, 3.05) is 46.2 Å². The van der Waals surface area contributed by atoms with Crippen molar-refractivity contribution < 1.29 is 36.9 Å². The summed E-state index contributed by atoms with van der Waals surface area (Å²) in [5.41, 5.74) is 5.27. The summed E-state index contributed by atoms with van der Waals surface area (Å²) in [5, 5.41) is 0. The van der Waals surface area contributed by atoms with Gasteiger partial charge in [0.1, 0.15) is 5.82 Å². The van der Waals surface area contributed by atoms with Gasteiger partial charge in [0, 0.05) is 31.7 Å². The molecule has 27 heavy (non-hydrogen) atoms. The molecular formula is C18H26F3NO5. The van der Waals surface area contributed by atoms with E-state index >= 15 is 0 Å². The largest absolute Gasteiger partial charge is 0.420 e. The predicted molar refractivity (Wildman–Crippen MR) is 91.9 cm³/mol. The third-order valence-corrected chi connectivity index (χ3v) is 3.35. The molecule has 0 aromatic heterocycles. The zero-order valence-electron chi connectivity index (χ0n) is 15.2. The number of hydrogen-bond acceptors (Lipinski definition) is 6. The zero-order chi connectivity index (χ0) is 19.9. The van der Waals surface area contributed by atoms with Crippen molar-refractivity contribution >= 4 is 5.97 Å². The van der Waals surface area contributed by atoms with Crippen molar-refractivity contribution in [2.24, 2.45) is 5.73 Å². The molecule has 0 bridgehead atoms. The molecule has 6 nitrogen and oxygen atoms in total. The number of hydrogen-bond donors (Lipinski definition) is 1. The summed E-state index contributed by atoms with van der Waals surface area (Å²) in [4.78, 5) is 11.6. The number of esters is 1. The van der Waals surface area contributed by atoms with Crippen molar-refractivity contribution in [1.29, 1.82) is 0 Å². The smallest absolute Gasteiger partial charge is 0.311 e. The molecule has 154 valence electrons. The minimum atomic E-state index is -1.25. The Morgan fingerprint density at radius 2 is 1.37 bits per heavy atom. The Kier molecular flexibility index (Phi) is 12.4. The molecule has 0 radical (unpaired) electrons. The molecule has 0 aliphatic heterocycles. The van der Waals surface area contributed by atoms with Crippen LogP contribution in [-0.2, 0) is 19.0 Å². The number of benzene rings is 1. The maximum atomic E-state index is 13.4. The van der Waals surface area contributed by atoms with Crippen LogP contribution in [0.5, 0.6) is 5.75 Å². The summed E-state index contributed by atoms with van der Waals surface area (Å²) in [6, 6.07) is 0.917. The molecule has 0 spiro atoms. The molecule has 2 N–H and O–H groups in total. The Balaban J connectivity index is 1.99. The average Bonchev–Trinajstić information content (AvgIpc) is 2.62. The molecule has 0 aliphatic carbocycles. The van der Waals surface area contributed by atoms with Gasteiger partial charge in [-0.15, -0.1) is 0 Å². The molecule has 0 saturated carbocycles. The molecule has 0 amide bonds. The van der Waals surface area contributed by atoms with Gasteiger partial charge >= 0.3 is 5.97 Å². The number of rotatable bonds is 15. The summed E-state index contributed by atoms with van der Waals surface area (Å²) < 4.78 is 59.9. The van der Waals surface area contributed by atoms with E-state index in [1.807, 2.05) is 0 Å². The maximum absolute atomic E-state index is 13.4. The third-order valence-electron chi connectivity index (χ3n) is 3.35. The quantitative estimate of drug-likeness (QED) is 0.280. The second-order valence-corrected chi connectivity index (χ2v) is 5.61. The zero-order valence-corrected chi connectivity index (χ0v) is 15.2. The predicted octanol–water partition coefficient (Wildman–Crippen LogP) is 2.58. The van der Waals surface area contributed by atoms with Gasteiger partial charge < -0.3 is 24.7 Å².